The summed E-state index contributed by atoms with van der Waals surface area (Å²) in [6.45, 7) is 0.686. The molecule has 4 rings (SSSR count). The SMILES string of the molecule is N#Cc1ccc(C(=O)N2CCCC2c2ccc(C(=O)NC3CC3)s2)cn1. The van der Waals surface area contributed by atoms with Gasteiger partial charge in [0.1, 0.15) is 11.8 Å². The number of aromatic nitrogens is 1. The number of nitriles is 1. The van der Waals surface area contributed by atoms with Gasteiger partial charge in [-0.3, -0.25) is 9.59 Å². The van der Waals surface area contributed by atoms with E-state index in [9.17, 15) is 9.59 Å². The maximum Gasteiger partial charge on any atom is 0.261 e. The Morgan fingerprint density at radius 1 is 1.23 bits per heavy atom. The zero-order chi connectivity index (χ0) is 18.1. The van der Waals surface area contributed by atoms with Crippen molar-refractivity contribution in [2.45, 2.75) is 37.8 Å². The predicted octanol–water partition coefficient (Wildman–Crippen LogP) is 2.88. The maximum absolute atomic E-state index is 12.9. The van der Waals surface area contributed by atoms with Crippen LogP contribution in [0.2, 0.25) is 0 Å². The lowest BCUT2D eigenvalue weighted by Crippen LogP contribution is -2.30. The topological polar surface area (TPSA) is 86.1 Å². The summed E-state index contributed by atoms with van der Waals surface area (Å²) in [5.41, 5.74) is 0.781. The predicted molar refractivity (Wildman–Crippen MR) is 96.8 cm³/mol. The molecule has 0 spiro atoms. The van der Waals surface area contributed by atoms with Crippen molar-refractivity contribution in [3.8, 4) is 6.07 Å². The zero-order valence-electron chi connectivity index (χ0n) is 14.1. The molecule has 3 heterocycles. The van der Waals surface area contributed by atoms with Crippen LogP contribution >= 0.6 is 11.3 Å². The van der Waals surface area contributed by atoms with E-state index in [0.29, 0.717) is 28.7 Å². The Bertz CT molecular complexity index is 880. The Morgan fingerprint density at radius 2 is 2.08 bits per heavy atom. The number of nitrogens with zero attached hydrogens (tertiary/aromatic N) is 3. The molecule has 1 saturated carbocycles. The van der Waals surface area contributed by atoms with Gasteiger partial charge in [-0.15, -0.1) is 11.3 Å². The lowest BCUT2D eigenvalue weighted by molar-refractivity contribution is 0.0737. The Labute approximate surface area is 155 Å². The quantitative estimate of drug-likeness (QED) is 0.901. The molecule has 1 saturated heterocycles. The molecule has 0 bridgehead atoms. The fourth-order valence-corrected chi connectivity index (χ4v) is 4.25. The number of nitrogens with one attached hydrogen (secondary N) is 1. The molecule has 6 nitrogen and oxygen atoms in total. The lowest BCUT2D eigenvalue weighted by atomic mass is 10.1. The van der Waals surface area contributed by atoms with Crippen LogP contribution in [-0.4, -0.2) is 34.3 Å². The summed E-state index contributed by atoms with van der Waals surface area (Å²) in [6, 6.07) is 9.29. The van der Waals surface area contributed by atoms with Gasteiger partial charge in [-0.25, -0.2) is 4.98 Å². The van der Waals surface area contributed by atoms with Crippen LogP contribution in [0.4, 0.5) is 0 Å². The van der Waals surface area contributed by atoms with Gasteiger partial charge in [0.15, 0.2) is 0 Å². The smallest absolute Gasteiger partial charge is 0.261 e. The molecular weight excluding hydrogens is 348 g/mol. The van der Waals surface area contributed by atoms with Gasteiger partial charge in [0.2, 0.25) is 0 Å². The molecule has 1 atom stereocenters. The monoisotopic (exact) mass is 366 g/mol. The summed E-state index contributed by atoms with van der Waals surface area (Å²) in [7, 11) is 0. The van der Waals surface area contributed by atoms with Crippen molar-refractivity contribution >= 4 is 23.2 Å². The third-order valence-corrected chi connectivity index (χ3v) is 5.92. The van der Waals surface area contributed by atoms with Crippen molar-refractivity contribution < 1.29 is 9.59 Å². The van der Waals surface area contributed by atoms with E-state index in [-0.39, 0.29) is 17.9 Å². The summed E-state index contributed by atoms with van der Waals surface area (Å²) < 4.78 is 0. The minimum Gasteiger partial charge on any atom is -0.349 e. The molecule has 1 unspecified atom stereocenters. The van der Waals surface area contributed by atoms with E-state index in [2.05, 4.69) is 10.3 Å². The third-order valence-electron chi connectivity index (χ3n) is 4.73. The summed E-state index contributed by atoms with van der Waals surface area (Å²) in [4.78, 5) is 32.6. The molecule has 1 N–H and O–H groups in total. The minimum absolute atomic E-state index is 0.00869. The number of amides is 2. The molecular formula is C19H18N4O2S. The first kappa shape index (κ1) is 16.7. The van der Waals surface area contributed by atoms with Gasteiger partial charge in [0.25, 0.3) is 11.8 Å². The molecule has 0 aromatic carbocycles. The van der Waals surface area contributed by atoms with Crippen molar-refractivity contribution in [1.29, 1.82) is 5.26 Å². The number of carbonyl (C=O) groups is 2. The van der Waals surface area contributed by atoms with Crippen LogP contribution in [0.15, 0.2) is 30.5 Å². The van der Waals surface area contributed by atoms with Crippen LogP contribution in [0.3, 0.4) is 0 Å². The Morgan fingerprint density at radius 3 is 2.77 bits per heavy atom. The molecule has 7 heteroatoms. The molecule has 0 radical (unpaired) electrons. The summed E-state index contributed by atoms with van der Waals surface area (Å²) in [6.07, 6.45) is 5.40. The highest BCUT2D eigenvalue weighted by Gasteiger charge is 2.32. The normalized spacial score (nSPS) is 19.2. The van der Waals surface area contributed by atoms with E-state index >= 15 is 0 Å². The van der Waals surface area contributed by atoms with Crippen LogP contribution in [0.25, 0.3) is 0 Å². The number of likely N-dealkylation sites (tertiary alicyclic amines) is 1. The number of hydrogen-bond donors (Lipinski definition) is 1. The number of pyridine rings is 1. The molecule has 2 aliphatic rings. The fourth-order valence-electron chi connectivity index (χ4n) is 3.20. The van der Waals surface area contributed by atoms with Crippen molar-refractivity contribution in [2.75, 3.05) is 6.54 Å². The molecule has 2 fully saturated rings. The Kier molecular flexibility index (Phi) is 4.43. The molecule has 1 aliphatic carbocycles. The van der Waals surface area contributed by atoms with Crippen molar-refractivity contribution in [2.24, 2.45) is 0 Å². The van der Waals surface area contributed by atoms with E-state index in [0.717, 1.165) is 30.6 Å². The second-order valence-electron chi connectivity index (χ2n) is 6.65. The first-order valence-corrected chi connectivity index (χ1v) is 9.55. The van der Waals surface area contributed by atoms with Gasteiger partial charge in [0.05, 0.1) is 16.5 Å². The van der Waals surface area contributed by atoms with Gasteiger partial charge in [0, 0.05) is 23.7 Å². The van der Waals surface area contributed by atoms with E-state index < -0.39 is 0 Å². The average Bonchev–Trinajstić information content (AvgIpc) is 3.15. The highest BCUT2D eigenvalue weighted by molar-refractivity contribution is 7.14. The van der Waals surface area contributed by atoms with Crippen LogP contribution in [0, 0.1) is 11.3 Å². The van der Waals surface area contributed by atoms with Crippen molar-refractivity contribution in [3.63, 3.8) is 0 Å². The van der Waals surface area contributed by atoms with Crippen LogP contribution < -0.4 is 5.32 Å². The second kappa shape index (κ2) is 6.89. The van der Waals surface area contributed by atoms with E-state index in [1.807, 2.05) is 23.1 Å². The van der Waals surface area contributed by atoms with Crippen molar-refractivity contribution in [3.05, 3.63) is 51.5 Å². The second-order valence-corrected chi connectivity index (χ2v) is 7.77. The lowest BCUT2D eigenvalue weighted by Gasteiger charge is -2.23. The minimum atomic E-state index is -0.0816. The molecule has 2 aromatic rings. The maximum atomic E-state index is 12.9. The number of rotatable bonds is 4. The highest BCUT2D eigenvalue weighted by Crippen LogP contribution is 2.37. The number of carbonyl (C=O) groups excluding carboxylic acids is 2. The number of hydrogen-bond acceptors (Lipinski definition) is 5. The fraction of sp³-hybridized carbons (Fsp3) is 0.368. The van der Waals surface area contributed by atoms with Gasteiger partial charge in [-0.2, -0.15) is 5.26 Å². The van der Waals surface area contributed by atoms with Gasteiger partial charge in [-0.05, 0) is 49.9 Å². The van der Waals surface area contributed by atoms with Gasteiger partial charge < -0.3 is 10.2 Å². The average molecular weight is 366 g/mol. The van der Waals surface area contributed by atoms with Crippen molar-refractivity contribution in [1.82, 2.24) is 15.2 Å². The number of thiophene rings is 1. The van der Waals surface area contributed by atoms with Crippen LogP contribution in [-0.2, 0) is 0 Å². The molecule has 132 valence electrons. The first-order chi connectivity index (χ1) is 12.7. The standard InChI is InChI=1S/C19H18N4O2S/c20-10-14-4-3-12(11-21-14)19(25)23-9-1-2-15(23)16-7-8-17(26-16)18(24)22-13-5-6-13/h3-4,7-8,11,13,15H,1-2,5-6,9H2,(H,22,24). The Balaban J connectivity index is 1.50. The van der Waals surface area contributed by atoms with E-state index in [4.69, 9.17) is 5.26 Å². The highest BCUT2D eigenvalue weighted by atomic mass is 32.1. The summed E-state index contributed by atoms with van der Waals surface area (Å²) in [5, 5.41) is 11.8. The molecule has 1 aliphatic heterocycles. The molecule has 2 amide bonds. The van der Waals surface area contributed by atoms with Gasteiger partial charge in [-0.1, -0.05) is 0 Å². The Hall–Kier alpha value is -2.72. The largest absolute Gasteiger partial charge is 0.349 e. The zero-order valence-corrected chi connectivity index (χ0v) is 15.0. The summed E-state index contributed by atoms with van der Waals surface area (Å²) in [5.74, 6) is -0.0993. The first-order valence-electron chi connectivity index (χ1n) is 8.73. The van der Waals surface area contributed by atoms with Gasteiger partial charge >= 0.3 is 0 Å². The van der Waals surface area contributed by atoms with E-state index in [1.54, 1.807) is 12.1 Å². The molecule has 2 aromatic heterocycles. The summed E-state index contributed by atoms with van der Waals surface area (Å²) >= 11 is 1.47. The van der Waals surface area contributed by atoms with Crippen LogP contribution in [0.1, 0.15) is 62.3 Å². The molecule has 26 heavy (non-hydrogen) atoms. The van der Waals surface area contributed by atoms with Crippen LogP contribution in [0.5, 0.6) is 0 Å². The third kappa shape index (κ3) is 3.33. The van der Waals surface area contributed by atoms with E-state index in [1.165, 1.54) is 17.5 Å².